The van der Waals surface area contributed by atoms with E-state index in [2.05, 4.69) is 28.9 Å². The van der Waals surface area contributed by atoms with Gasteiger partial charge in [0.05, 0.1) is 0 Å². The Hall–Kier alpha value is -0.600. The number of nitrogens with zero attached hydrogens (tertiary/aromatic N) is 2. The molecule has 0 aliphatic carbocycles. The first kappa shape index (κ1) is 40.9. The van der Waals surface area contributed by atoms with E-state index in [4.69, 9.17) is 10.2 Å². The minimum absolute atomic E-state index is 0. The SMILES string of the molecule is CCCCCCCC/C=C\CCCCCCCCN(CCCO)CCCN(CCCO)CCCO.F.F. The van der Waals surface area contributed by atoms with E-state index in [1.165, 1.54) is 89.9 Å². The molecular weight excluding hydrogens is 474 g/mol. The summed E-state index contributed by atoms with van der Waals surface area (Å²) in [6.07, 6.45) is 27.1. The Labute approximate surface area is 228 Å². The first-order valence-corrected chi connectivity index (χ1v) is 15.2. The van der Waals surface area contributed by atoms with Crippen LogP contribution < -0.4 is 0 Å². The Morgan fingerprint density at radius 3 is 1.14 bits per heavy atom. The van der Waals surface area contributed by atoms with Crippen molar-refractivity contribution in [2.75, 3.05) is 59.1 Å². The standard InChI is InChI=1S/C30H62N2O3.2FH/c1-2-3-4-5-6-7-8-9-10-11-12-13-14-15-16-17-22-31(25-19-28-33)23-18-24-32(26-20-29-34)27-21-30-35;;/h9-10,33-35H,2-8,11-30H2,1H3;2*1H/b10-9-;;. The summed E-state index contributed by atoms with van der Waals surface area (Å²) in [5, 5.41) is 27.5. The second-order valence-corrected chi connectivity index (χ2v) is 10.2. The highest BCUT2D eigenvalue weighted by molar-refractivity contribution is 4.81. The molecule has 5 nitrogen and oxygen atoms in total. The van der Waals surface area contributed by atoms with Crippen molar-refractivity contribution in [1.82, 2.24) is 9.80 Å². The van der Waals surface area contributed by atoms with Gasteiger partial charge in [0.15, 0.2) is 0 Å². The Kier molecular flexibility index (Phi) is 39.1. The van der Waals surface area contributed by atoms with Crippen LogP contribution in [0.4, 0.5) is 9.41 Å². The van der Waals surface area contributed by atoms with Gasteiger partial charge in [-0.3, -0.25) is 9.41 Å². The number of hydrogen-bond donors (Lipinski definition) is 3. The Bertz CT molecular complexity index is 424. The molecule has 0 saturated heterocycles. The van der Waals surface area contributed by atoms with Crippen LogP contribution in [0.3, 0.4) is 0 Å². The molecule has 0 aromatic carbocycles. The van der Waals surface area contributed by atoms with Gasteiger partial charge in [-0.05, 0) is 77.4 Å². The zero-order valence-corrected chi connectivity index (χ0v) is 24.3. The molecule has 0 aromatic rings. The van der Waals surface area contributed by atoms with Crippen LogP contribution in [0.15, 0.2) is 12.2 Å². The summed E-state index contributed by atoms with van der Waals surface area (Å²) in [7, 11) is 0. The van der Waals surface area contributed by atoms with Gasteiger partial charge in [-0.25, -0.2) is 0 Å². The lowest BCUT2D eigenvalue weighted by Gasteiger charge is -2.25. The molecule has 0 aliphatic heterocycles. The number of aliphatic hydroxyl groups is 3. The van der Waals surface area contributed by atoms with E-state index in [0.717, 1.165) is 65.0 Å². The van der Waals surface area contributed by atoms with Gasteiger partial charge in [-0.1, -0.05) is 76.9 Å². The van der Waals surface area contributed by atoms with Crippen molar-refractivity contribution in [3.8, 4) is 0 Å². The highest BCUT2D eigenvalue weighted by Crippen LogP contribution is 2.11. The molecule has 0 radical (unpaired) electrons. The van der Waals surface area contributed by atoms with Crippen molar-refractivity contribution >= 4 is 0 Å². The second kappa shape index (κ2) is 35.4. The maximum atomic E-state index is 9.25. The fourth-order valence-corrected chi connectivity index (χ4v) is 4.65. The third-order valence-corrected chi connectivity index (χ3v) is 6.83. The molecule has 0 unspecified atom stereocenters. The number of aliphatic hydroxyl groups excluding tert-OH is 3. The molecule has 0 spiro atoms. The predicted molar refractivity (Wildman–Crippen MR) is 157 cm³/mol. The van der Waals surface area contributed by atoms with Crippen LogP contribution in [0, 0.1) is 0 Å². The van der Waals surface area contributed by atoms with Gasteiger partial charge >= 0.3 is 0 Å². The molecule has 0 heterocycles. The lowest BCUT2D eigenvalue weighted by molar-refractivity contribution is 0.182. The zero-order valence-electron chi connectivity index (χ0n) is 24.3. The Morgan fingerprint density at radius 2 is 0.730 bits per heavy atom. The van der Waals surface area contributed by atoms with Crippen LogP contribution in [0.5, 0.6) is 0 Å². The third-order valence-electron chi connectivity index (χ3n) is 6.83. The summed E-state index contributed by atoms with van der Waals surface area (Å²) in [6.45, 7) is 9.02. The molecule has 0 aromatic heterocycles. The average Bonchev–Trinajstić information content (AvgIpc) is 2.87. The van der Waals surface area contributed by atoms with Crippen LogP contribution in [-0.2, 0) is 0 Å². The van der Waals surface area contributed by atoms with Crippen LogP contribution in [0.1, 0.15) is 122 Å². The molecule has 0 fully saturated rings. The van der Waals surface area contributed by atoms with E-state index < -0.39 is 0 Å². The molecule has 0 amide bonds. The maximum Gasteiger partial charge on any atom is 0.0443 e. The van der Waals surface area contributed by atoms with Gasteiger partial charge < -0.3 is 25.1 Å². The first-order chi connectivity index (χ1) is 17.3. The van der Waals surface area contributed by atoms with Crippen LogP contribution in [0.2, 0.25) is 0 Å². The Morgan fingerprint density at radius 1 is 0.405 bits per heavy atom. The topological polar surface area (TPSA) is 67.2 Å². The van der Waals surface area contributed by atoms with Crippen molar-refractivity contribution in [1.29, 1.82) is 0 Å². The summed E-state index contributed by atoms with van der Waals surface area (Å²) in [4.78, 5) is 4.88. The number of unbranched alkanes of at least 4 members (excludes halogenated alkanes) is 12. The normalized spacial score (nSPS) is 11.4. The van der Waals surface area contributed by atoms with E-state index in [1.54, 1.807) is 0 Å². The number of halogens is 2. The molecule has 0 aliphatic rings. The molecule has 0 bridgehead atoms. The van der Waals surface area contributed by atoms with E-state index in [9.17, 15) is 5.11 Å². The molecule has 0 saturated carbocycles. The first-order valence-electron chi connectivity index (χ1n) is 15.2. The van der Waals surface area contributed by atoms with Crippen LogP contribution in [-0.4, -0.2) is 84.2 Å². The Balaban J connectivity index is -0.00000578. The fraction of sp³-hybridized carbons (Fsp3) is 0.933. The van der Waals surface area contributed by atoms with E-state index >= 15 is 0 Å². The monoisotopic (exact) mass is 538 g/mol. The van der Waals surface area contributed by atoms with Gasteiger partial charge in [0, 0.05) is 39.5 Å². The average molecular weight is 539 g/mol. The lowest BCUT2D eigenvalue weighted by atomic mass is 10.1. The van der Waals surface area contributed by atoms with E-state index in [1.807, 2.05) is 0 Å². The molecule has 7 heteroatoms. The van der Waals surface area contributed by atoms with Gasteiger partial charge in [0.25, 0.3) is 0 Å². The molecule has 37 heavy (non-hydrogen) atoms. The number of hydrogen-bond acceptors (Lipinski definition) is 5. The fourth-order valence-electron chi connectivity index (χ4n) is 4.65. The summed E-state index contributed by atoms with van der Waals surface area (Å²) in [6, 6.07) is 0. The van der Waals surface area contributed by atoms with Crippen LogP contribution >= 0.6 is 0 Å². The maximum absolute atomic E-state index is 9.25. The lowest BCUT2D eigenvalue weighted by Crippen LogP contribution is -2.33. The predicted octanol–water partition coefficient (Wildman–Crippen LogP) is 6.47. The molecular formula is C30H64F2N2O3. The molecule has 3 N–H and O–H groups in total. The third kappa shape index (κ3) is 31.5. The molecule has 0 atom stereocenters. The number of allylic oxidation sites excluding steroid dienone is 2. The van der Waals surface area contributed by atoms with Gasteiger partial charge in [0.2, 0.25) is 0 Å². The smallest absolute Gasteiger partial charge is 0.0443 e. The zero-order chi connectivity index (χ0) is 25.7. The van der Waals surface area contributed by atoms with Crippen molar-refractivity contribution in [2.24, 2.45) is 0 Å². The quantitative estimate of drug-likeness (QED) is 0.0752. The van der Waals surface area contributed by atoms with Gasteiger partial charge in [0.1, 0.15) is 0 Å². The van der Waals surface area contributed by atoms with Gasteiger partial charge in [-0.15, -0.1) is 0 Å². The highest BCUT2D eigenvalue weighted by Gasteiger charge is 2.08. The highest BCUT2D eigenvalue weighted by atomic mass is 19.0. The van der Waals surface area contributed by atoms with Crippen molar-refractivity contribution in [2.45, 2.75) is 122 Å². The minimum atomic E-state index is 0. The van der Waals surface area contributed by atoms with E-state index in [-0.39, 0.29) is 29.2 Å². The summed E-state index contributed by atoms with van der Waals surface area (Å²) < 4.78 is 0. The largest absolute Gasteiger partial charge is 0.396 e. The summed E-state index contributed by atoms with van der Waals surface area (Å²) in [5.74, 6) is 0. The summed E-state index contributed by atoms with van der Waals surface area (Å²) >= 11 is 0. The van der Waals surface area contributed by atoms with Crippen LogP contribution in [0.25, 0.3) is 0 Å². The van der Waals surface area contributed by atoms with Crippen molar-refractivity contribution in [3.63, 3.8) is 0 Å². The summed E-state index contributed by atoms with van der Waals surface area (Å²) in [5.41, 5.74) is 0. The van der Waals surface area contributed by atoms with Gasteiger partial charge in [-0.2, -0.15) is 0 Å². The van der Waals surface area contributed by atoms with Crippen molar-refractivity contribution < 1.29 is 24.7 Å². The molecule has 226 valence electrons. The second-order valence-electron chi connectivity index (χ2n) is 10.2. The number of rotatable bonds is 29. The molecule has 0 rings (SSSR count). The minimum Gasteiger partial charge on any atom is -0.396 e. The van der Waals surface area contributed by atoms with E-state index in [0.29, 0.717) is 0 Å². The van der Waals surface area contributed by atoms with Crippen molar-refractivity contribution in [3.05, 3.63) is 12.2 Å².